The van der Waals surface area contributed by atoms with Gasteiger partial charge in [0.15, 0.2) is 0 Å². The van der Waals surface area contributed by atoms with Crippen molar-refractivity contribution in [2.24, 2.45) is 0 Å². The molecule has 1 aromatic rings. The minimum atomic E-state index is -4.48. The molecule has 0 saturated carbocycles. The minimum Gasteiger partial charge on any atom is -0.326 e. The van der Waals surface area contributed by atoms with Gasteiger partial charge < -0.3 is 9.42 Å². The molecule has 0 aliphatic carbocycles. The van der Waals surface area contributed by atoms with Crippen LogP contribution >= 0.6 is 8.25 Å². The summed E-state index contributed by atoms with van der Waals surface area (Å²) in [5, 5.41) is 0. The number of rotatable bonds is 3. The highest BCUT2D eigenvalue weighted by molar-refractivity contribution is 7.32. The fourth-order valence-corrected chi connectivity index (χ4v) is 1.34. The van der Waals surface area contributed by atoms with Crippen molar-refractivity contribution < 1.29 is 27.2 Å². The van der Waals surface area contributed by atoms with Crippen LogP contribution in [0.4, 0.5) is 13.2 Å². The number of hydrogen-bond acceptors (Lipinski definition) is 2. The average molecular weight is 240 g/mol. The molecule has 0 bridgehead atoms. The Bertz CT molecular complexity index is 364. The number of hydrogen-bond donors (Lipinski definition) is 1. The third-order valence-electron chi connectivity index (χ3n) is 1.67. The zero-order valence-corrected chi connectivity index (χ0v) is 8.41. The van der Waals surface area contributed by atoms with Crippen LogP contribution in [0.2, 0.25) is 0 Å². The number of halogens is 3. The van der Waals surface area contributed by atoms with Crippen molar-refractivity contribution in [2.75, 3.05) is 0 Å². The van der Waals surface area contributed by atoms with E-state index in [0.29, 0.717) is 0 Å². The maximum atomic E-state index is 12.4. The minimum absolute atomic E-state index is 0.155. The zero-order chi connectivity index (χ0) is 11.5. The van der Waals surface area contributed by atoms with Gasteiger partial charge >= 0.3 is 14.4 Å². The van der Waals surface area contributed by atoms with Gasteiger partial charge in [-0.15, -0.1) is 0 Å². The lowest BCUT2D eigenvalue weighted by atomic mass is 10.1. The van der Waals surface area contributed by atoms with Crippen molar-refractivity contribution in [2.45, 2.75) is 12.8 Å². The molecule has 1 aromatic carbocycles. The molecule has 15 heavy (non-hydrogen) atoms. The second-order valence-corrected chi connectivity index (χ2v) is 3.53. The molecule has 84 valence electrons. The zero-order valence-electron chi connectivity index (χ0n) is 7.41. The lowest BCUT2D eigenvalue weighted by molar-refractivity contribution is -0.138. The molecule has 0 aliphatic rings. The molecule has 1 rings (SSSR count). The van der Waals surface area contributed by atoms with Gasteiger partial charge in [0.2, 0.25) is 0 Å². The Labute approximate surface area is 84.4 Å². The van der Waals surface area contributed by atoms with E-state index in [1.807, 2.05) is 0 Å². The fourth-order valence-electron chi connectivity index (χ4n) is 1.06. The first kappa shape index (κ1) is 12.2. The van der Waals surface area contributed by atoms with Crippen molar-refractivity contribution in [3.05, 3.63) is 35.4 Å². The highest BCUT2D eigenvalue weighted by Crippen LogP contribution is 2.33. The van der Waals surface area contributed by atoms with Gasteiger partial charge in [-0.05, 0) is 11.6 Å². The van der Waals surface area contributed by atoms with Crippen molar-refractivity contribution >= 4 is 8.25 Å². The second-order valence-electron chi connectivity index (χ2n) is 2.71. The van der Waals surface area contributed by atoms with Crippen LogP contribution in [0.15, 0.2) is 24.3 Å². The molecule has 1 atom stereocenters. The third kappa shape index (κ3) is 3.66. The van der Waals surface area contributed by atoms with E-state index >= 15 is 0 Å². The molecule has 0 fully saturated rings. The summed E-state index contributed by atoms with van der Waals surface area (Å²) >= 11 is 0. The Morgan fingerprint density at radius 2 is 1.93 bits per heavy atom. The molecule has 0 aliphatic heterocycles. The van der Waals surface area contributed by atoms with Crippen molar-refractivity contribution in [3.63, 3.8) is 0 Å². The summed E-state index contributed by atoms with van der Waals surface area (Å²) in [5.41, 5.74) is -1.01. The van der Waals surface area contributed by atoms with Crippen molar-refractivity contribution in [3.8, 4) is 0 Å². The largest absolute Gasteiger partial charge is 0.416 e. The summed E-state index contributed by atoms with van der Waals surface area (Å²) in [4.78, 5) is 8.35. The molecule has 1 N–H and O–H groups in total. The van der Waals surface area contributed by atoms with Crippen LogP contribution in [0.1, 0.15) is 11.1 Å². The molecule has 0 radical (unpaired) electrons. The maximum Gasteiger partial charge on any atom is 0.416 e. The Hall–Kier alpha value is -0.840. The van der Waals surface area contributed by atoms with Crippen LogP contribution in [0.25, 0.3) is 0 Å². The van der Waals surface area contributed by atoms with Crippen molar-refractivity contribution in [1.82, 2.24) is 0 Å². The lowest BCUT2D eigenvalue weighted by Gasteiger charge is -2.11. The SMILES string of the molecule is O=[PH](O)OCc1ccccc1C(F)(F)F. The highest BCUT2D eigenvalue weighted by Gasteiger charge is 2.32. The van der Waals surface area contributed by atoms with Gasteiger partial charge in [-0.1, -0.05) is 18.2 Å². The number of benzene rings is 1. The van der Waals surface area contributed by atoms with Crippen LogP contribution in [0.3, 0.4) is 0 Å². The quantitative estimate of drug-likeness (QED) is 0.826. The number of alkyl halides is 3. The summed E-state index contributed by atoms with van der Waals surface area (Å²) in [5.74, 6) is 0. The van der Waals surface area contributed by atoms with E-state index < -0.39 is 26.6 Å². The molecular formula is C8H8F3O3P. The van der Waals surface area contributed by atoms with Crippen LogP contribution in [-0.4, -0.2) is 4.89 Å². The van der Waals surface area contributed by atoms with Crippen molar-refractivity contribution in [1.29, 1.82) is 0 Å². The van der Waals surface area contributed by atoms with Gasteiger partial charge in [-0.2, -0.15) is 13.2 Å². The fraction of sp³-hybridized carbons (Fsp3) is 0.250. The molecule has 0 aromatic heterocycles. The smallest absolute Gasteiger partial charge is 0.326 e. The van der Waals surface area contributed by atoms with E-state index in [0.717, 1.165) is 6.07 Å². The first-order valence-corrected chi connectivity index (χ1v) is 5.18. The summed E-state index contributed by atoms with van der Waals surface area (Å²) < 4.78 is 51.6. The van der Waals surface area contributed by atoms with E-state index in [2.05, 4.69) is 4.52 Å². The molecule has 7 heteroatoms. The Kier molecular flexibility index (Phi) is 3.90. The molecule has 0 heterocycles. The third-order valence-corrected chi connectivity index (χ3v) is 2.07. The predicted molar refractivity (Wildman–Crippen MR) is 47.5 cm³/mol. The molecule has 3 nitrogen and oxygen atoms in total. The predicted octanol–water partition coefficient (Wildman–Crippen LogP) is 2.60. The Balaban J connectivity index is 2.92. The van der Waals surface area contributed by atoms with Crippen LogP contribution in [0.5, 0.6) is 0 Å². The molecule has 0 spiro atoms. The molecule has 0 saturated heterocycles. The monoisotopic (exact) mass is 240 g/mol. The summed E-state index contributed by atoms with van der Waals surface area (Å²) in [6.45, 7) is -0.524. The molecule has 1 unspecified atom stereocenters. The van der Waals surface area contributed by atoms with Gasteiger partial charge in [0.1, 0.15) is 0 Å². The van der Waals surface area contributed by atoms with E-state index in [1.165, 1.54) is 18.2 Å². The van der Waals surface area contributed by atoms with E-state index in [1.54, 1.807) is 0 Å². The normalized spacial score (nSPS) is 13.9. The van der Waals surface area contributed by atoms with Crippen LogP contribution in [-0.2, 0) is 21.9 Å². The van der Waals surface area contributed by atoms with Gasteiger partial charge in [0.25, 0.3) is 0 Å². The highest BCUT2D eigenvalue weighted by atomic mass is 31.1. The molecule has 0 amide bonds. The van der Waals surface area contributed by atoms with Gasteiger partial charge in [-0.3, -0.25) is 4.57 Å². The van der Waals surface area contributed by atoms with Crippen LogP contribution in [0, 0.1) is 0 Å². The van der Waals surface area contributed by atoms with Gasteiger partial charge in [0.05, 0.1) is 12.2 Å². The van der Waals surface area contributed by atoms with E-state index in [-0.39, 0.29) is 5.56 Å². The summed E-state index contributed by atoms with van der Waals surface area (Å²) in [6.07, 6.45) is -4.48. The lowest BCUT2D eigenvalue weighted by Crippen LogP contribution is -2.09. The average Bonchev–Trinajstić information content (AvgIpc) is 2.13. The van der Waals surface area contributed by atoms with Gasteiger partial charge in [0, 0.05) is 0 Å². The Morgan fingerprint density at radius 3 is 2.47 bits per heavy atom. The maximum absolute atomic E-state index is 12.4. The van der Waals surface area contributed by atoms with E-state index in [4.69, 9.17) is 4.89 Å². The summed E-state index contributed by atoms with van der Waals surface area (Å²) in [7, 11) is -3.21. The Morgan fingerprint density at radius 1 is 1.33 bits per heavy atom. The molecular weight excluding hydrogens is 232 g/mol. The summed E-state index contributed by atoms with van der Waals surface area (Å²) in [6, 6.07) is 4.75. The van der Waals surface area contributed by atoms with Gasteiger partial charge in [-0.25, -0.2) is 0 Å². The van der Waals surface area contributed by atoms with Crippen LogP contribution < -0.4 is 0 Å². The first-order valence-electron chi connectivity index (χ1n) is 3.92. The van der Waals surface area contributed by atoms with E-state index in [9.17, 15) is 17.7 Å². The topological polar surface area (TPSA) is 46.5 Å². The standard InChI is InChI=1S/C8H8F3O3P/c9-8(10,11)7-4-2-1-3-6(7)5-14-15(12)13/h1-4,15H,5H2,(H,12,13). The first-order chi connectivity index (χ1) is 6.91. The second kappa shape index (κ2) is 4.79.